The van der Waals surface area contributed by atoms with Crippen LogP contribution in [0.25, 0.3) is 11.0 Å². The summed E-state index contributed by atoms with van der Waals surface area (Å²) >= 11 is 6.21. The first-order valence-electron chi connectivity index (χ1n) is 8.10. The standard InChI is InChI=1S/C18H14ClF2N3O/c19-10-6-5-9-8-22-12-7-14(15(9)16(10)25-18(20)21)24-13-4-2-1-3-11(13)23-17(12)24/h1-6,12,14,18,22H,7-8H2/t12-,14-/m1/s1. The van der Waals surface area contributed by atoms with Gasteiger partial charge in [0.15, 0.2) is 0 Å². The Morgan fingerprint density at radius 1 is 1.24 bits per heavy atom. The van der Waals surface area contributed by atoms with Gasteiger partial charge in [0.2, 0.25) is 0 Å². The van der Waals surface area contributed by atoms with Gasteiger partial charge in [-0.1, -0.05) is 29.8 Å². The van der Waals surface area contributed by atoms with Crippen molar-refractivity contribution in [1.29, 1.82) is 0 Å². The maximum atomic E-state index is 13.0. The van der Waals surface area contributed by atoms with Gasteiger partial charge in [-0.2, -0.15) is 8.78 Å². The van der Waals surface area contributed by atoms with Crippen molar-refractivity contribution in [3.8, 4) is 5.75 Å². The molecule has 2 aromatic carbocycles. The molecule has 2 atom stereocenters. The highest BCUT2D eigenvalue weighted by molar-refractivity contribution is 6.32. The van der Waals surface area contributed by atoms with Gasteiger partial charge >= 0.3 is 6.61 Å². The molecule has 5 rings (SSSR count). The van der Waals surface area contributed by atoms with Crippen LogP contribution < -0.4 is 10.1 Å². The molecule has 1 N–H and O–H groups in total. The number of imidazole rings is 1. The Bertz CT molecular complexity index is 988. The fourth-order valence-electron chi connectivity index (χ4n) is 4.07. The van der Waals surface area contributed by atoms with E-state index >= 15 is 0 Å². The van der Waals surface area contributed by atoms with Crippen LogP contribution in [-0.4, -0.2) is 16.2 Å². The van der Waals surface area contributed by atoms with E-state index in [-0.39, 0.29) is 22.9 Å². The van der Waals surface area contributed by atoms with E-state index in [0.717, 1.165) is 34.4 Å². The van der Waals surface area contributed by atoms with E-state index in [0.29, 0.717) is 6.54 Å². The molecule has 2 aliphatic heterocycles. The molecular formula is C18H14ClF2N3O. The lowest BCUT2D eigenvalue weighted by atomic mass is 9.98. The van der Waals surface area contributed by atoms with Crippen LogP contribution in [0.2, 0.25) is 5.02 Å². The Hall–Kier alpha value is -2.18. The third-order valence-corrected chi connectivity index (χ3v) is 5.32. The van der Waals surface area contributed by atoms with E-state index in [1.807, 2.05) is 30.3 Å². The summed E-state index contributed by atoms with van der Waals surface area (Å²) in [6, 6.07) is 11.3. The average molecular weight is 362 g/mol. The molecule has 0 unspecified atom stereocenters. The summed E-state index contributed by atoms with van der Waals surface area (Å²) in [5.41, 5.74) is 3.54. The predicted octanol–water partition coefficient (Wildman–Crippen LogP) is 4.43. The van der Waals surface area contributed by atoms with E-state index in [4.69, 9.17) is 21.3 Å². The van der Waals surface area contributed by atoms with Crippen molar-refractivity contribution in [1.82, 2.24) is 14.9 Å². The Morgan fingerprint density at radius 2 is 2.08 bits per heavy atom. The molecule has 0 fully saturated rings. The number of ether oxygens (including phenoxy) is 1. The molecule has 2 aliphatic rings. The van der Waals surface area contributed by atoms with Gasteiger partial charge < -0.3 is 14.6 Å². The highest BCUT2D eigenvalue weighted by Gasteiger charge is 2.40. The van der Waals surface area contributed by atoms with Crippen LogP contribution in [0.3, 0.4) is 0 Å². The van der Waals surface area contributed by atoms with Gasteiger partial charge in [-0.3, -0.25) is 0 Å². The molecule has 0 radical (unpaired) electrons. The lowest BCUT2D eigenvalue weighted by Gasteiger charge is -2.22. The number of hydrogen-bond donors (Lipinski definition) is 1. The minimum atomic E-state index is -2.92. The number of benzene rings is 2. The summed E-state index contributed by atoms with van der Waals surface area (Å²) in [5.74, 6) is 1.01. The van der Waals surface area contributed by atoms with Crippen molar-refractivity contribution in [2.24, 2.45) is 0 Å². The van der Waals surface area contributed by atoms with Crippen molar-refractivity contribution in [3.63, 3.8) is 0 Å². The smallest absolute Gasteiger partial charge is 0.387 e. The molecule has 0 saturated heterocycles. The quantitative estimate of drug-likeness (QED) is 0.734. The number of nitrogens with zero attached hydrogens (tertiary/aromatic N) is 2. The maximum absolute atomic E-state index is 13.0. The number of rotatable bonds is 2. The van der Waals surface area contributed by atoms with E-state index in [2.05, 4.69) is 9.88 Å². The molecule has 0 aliphatic carbocycles. The molecule has 0 amide bonds. The minimum Gasteiger partial charge on any atom is -0.433 e. The third-order valence-electron chi connectivity index (χ3n) is 5.02. The van der Waals surface area contributed by atoms with Crippen LogP contribution >= 0.6 is 11.6 Å². The lowest BCUT2D eigenvalue weighted by Crippen LogP contribution is -2.20. The van der Waals surface area contributed by atoms with E-state index < -0.39 is 6.61 Å². The number of aromatic nitrogens is 2. The van der Waals surface area contributed by atoms with Crippen LogP contribution in [0.15, 0.2) is 36.4 Å². The second-order valence-corrected chi connectivity index (χ2v) is 6.75. The average Bonchev–Trinajstić information content (AvgIpc) is 3.05. The zero-order chi connectivity index (χ0) is 17.1. The SMILES string of the molecule is FC(F)Oc1c(Cl)ccc2c1[C@H]1C[C@@H](NC2)c2nc3ccccc3n21. The Balaban J connectivity index is 1.78. The third kappa shape index (κ3) is 2.17. The minimum absolute atomic E-state index is 0.0722. The zero-order valence-electron chi connectivity index (χ0n) is 13.0. The van der Waals surface area contributed by atoms with Crippen LogP contribution in [-0.2, 0) is 6.54 Å². The van der Waals surface area contributed by atoms with E-state index in [1.165, 1.54) is 0 Å². The summed E-state index contributed by atoms with van der Waals surface area (Å²) in [4.78, 5) is 4.74. The van der Waals surface area contributed by atoms with Crippen molar-refractivity contribution in [2.45, 2.75) is 31.7 Å². The Morgan fingerprint density at radius 3 is 2.92 bits per heavy atom. The van der Waals surface area contributed by atoms with E-state index in [1.54, 1.807) is 6.07 Å². The number of nitrogens with one attached hydrogen (secondary N) is 1. The van der Waals surface area contributed by atoms with Gasteiger partial charge in [-0.15, -0.1) is 0 Å². The molecule has 3 aromatic rings. The Labute approximate surface area is 147 Å². The molecule has 0 saturated carbocycles. The highest BCUT2D eigenvalue weighted by Crippen LogP contribution is 2.49. The monoisotopic (exact) mass is 361 g/mol. The maximum Gasteiger partial charge on any atom is 0.387 e. The first-order valence-corrected chi connectivity index (χ1v) is 8.47. The molecule has 128 valence electrons. The first kappa shape index (κ1) is 15.1. The van der Waals surface area contributed by atoms with Crippen LogP contribution in [0.1, 0.15) is 35.5 Å². The molecule has 3 heterocycles. The summed E-state index contributed by atoms with van der Waals surface area (Å²) in [6.07, 6.45) is 0.736. The molecular weight excluding hydrogens is 348 g/mol. The normalized spacial score (nSPS) is 21.3. The number of alkyl halides is 2. The van der Waals surface area contributed by atoms with Gasteiger partial charge in [-0.05, 0) is 30.2 Å². The summed E-state index contributed by atoms with van der Waals surface area (Å²) in [6.45, 7) is -2.35. The Kier molecular flexibility index (Phi) is 3.27. The highest BCUT2D eigenvalue weighted by atomic mass is 35.5. The summed E-state index contributed by atoms with van der Waals surface area (Å²) in [7, 11) is 0. The van der Waals surface area contributed by atoms with Gasteiger partial charge in [0.05, 0.1) is 28.1 Å². The first-order chi connectivity index (χ1) is 12.1. The molecule has 1 aromatic heterocycles. The van der Waals surface area contributed by atoms with Gasteiger partial charge in [0.1, 0.15) is 11.6 Å². The predicted molar refractivity (Wildman–Crippen MR) is 90.2 cm³/mol. The fraction of sp³-hybridized carbons (Fsp3) is 0.278. The topological polar surface area (TPSA) is 39.1 Å². The van der Waals surface area contributed by atoms with Gasteiger partial charge in [0.25, 0.3) is 0 Å². The molecule has 7 heteroatoms. The second kappa shape index (κ2) is 5.41. The fourth-order valence-corrected chi connectivity index (χ4v) is 4.28. The number of fused-ring (bicyclic) bond motifs is 9. The molecule has 4 nitrogen and oxygen atoms in total. The molecule has 2 bridgehead atoms. The zero-order valence-corrected chi connectivity index (χ0v) is 13.8. The van der Waals surface area contributed by atoms with E-state index in [9.17, 15) is 8.78 Å². The summed E-state index contributed by atoms with van der Waals surface area (Å²) < 4.78 is 32.9. The van der Waals surface area contributed by atoms with Gasteiger partial charge in [-0.25, -0.2) is 4.98 Å². The van der Waals surface area contributed by atoms with Crippen molar-refractivity contribution < 1.29 is 13.5 Å². The van der Waals surface area contributed by atoms with Crippen molar-refractivity contribution >= 4 is 22.6 Å². The molecule has 25 heavy (non-hydrogen) atoms. The number of halogens is 3. The number of hydrogen-bond acceptors (Lipinski definition) is 3. The van der Waals surface area contributed by atoms with Crippen LogP contribution in [0, 0.1) is 0 Å². The second-order valence-electron chi connectivity index (χ2n) is 6.34. The van der Waals surface area contributed by atoms with Crippen molar-refractivity contribution in [3.05, 3.63) is 58.4 Å². The van der Waals surface area contributed by atoms with Crippen LogP contribution in [0.4, 0.5) is 8.78 Å². The largest absolute Gasteiger partial charge is 0.433 e. The van der Waals surface area contributed by atoms with Gasteiger partial charge in [0, 0.05) is 12.1 Å². The van der Waals surface area contributed by atoms with Crippen LogP contribution in [0.5, 0.6) is 5.75 Å². The lowest BCUT2D eigenvalue weighted by molar-refractivity contribution is -0.0506. The van der Waals surface area contributed by atoms with Crippen molar-refractivity contribution in [2.75, 3.05) is 0 Å². The molecule has 0 spiro atoms. The summed E-state index contributed by atoms with van der Waals surface area (Å²) in [5, 5.41) is 3.68. The number of para-hydroxylation sites is 2.